The van der Waals surface area contributed by atoms with Crippen LogP contribution in [0.4, 0.5) is 0 Å². The van der Waals surface area contributed by atoms with Crippen molar-refractivity contribution < 1.29 is 9.53 Å². The zero-order chi connectivity index (χ0) is 10.7. The standard InChI is InChI=1S/C8H8Cl2N2O2/c1-3-4-5(7(13)14-2)6(9)12-8(10)11-4/h3H2,1-2H3. The van der Waals surface area contributed by atoms with E-state index in [1.165, 1.54) is 7.11 Å². The van der Waals surface area contributed by atoms with Gasteiger partial charge in [-0.2, -0.15) is 0 Å². The molecule has 0 aliphatic heterocycles. The SMILES string of the molecule is CCc1nc(Cl)nc(Cl)c1C(=O)OC. The van der Waals surface area contributed by atoms with Gasteiger partial charge in [0.15, 0.2) is 0 Å². The zero-order valence-electron chi connectivity index (χ0n) is 7.67. The molecule has 0 radical (unpaired) electrons. The van der Waals surface area contributed by atoms with Gasteiger partial charge in [0.2, 0.25) is 5.28 Å². The molecule has 1 rings (SSSR count). The largest absolute Gasteiger partial charge is 0.465 e. The number of methoxy groups -OCH3 is 1. The number of rotatable bonds is 2. The number of esters is 1. The van der Waals surface area contributed by atoms with Gasteiger partial charge in [-0.05, 0) is 18.0 Å². The molecule has 1 heterocycles. The van der Waals surface area contributed by atoms with E-state index in [2.05, 4.69) is 14.7 Å². The molecule has 0 fully saturated rings. The van der Waals surface area contributed by atoms with Crippen molar-refractivity contribution in [3.05, 3.63) is 21.7 Å². The van der Waals surface area contributed by atoms with E-state index >= 15 is 0 Å². The van der Waals surface area contributed by atoms with Gasteiger partial charge in [-0.15, -0.1) is 0 Å². The third-order valence-corrected chi connectivity index (χ3v) is 2.08. The fourth-order valence-corrected chi connectivity index (χ4v) is 1.50. The van der Waals surface area contributed by atoms with Crippen LogP contribution < -0.4 is 0 Å². The van der Waals surface area contributed by atoms with E-state index in [1.54, 1.807) is 0 Å². The van der Waals surface area contributed by atoms with Gasteiger partial charge in [0.1, 0.15) is 10.7 Å². The lowest BCUT2D eigenvalue weighted by Gasteiger charge is -2.06. The van der Waals surface area contributed by atoms with E-state index in [0.29, 0.717) is 12.1 Å². The quantitative estimate of drug-likeness (QED) is 0.447. The first-order valence-electron chi connectivity index (χ1n) is 3.90. The highest BCUT2D eigenvalue weighted by Crippen LogP contribution is 2.20. The number of hydrogen-bond donors (Lipinski definition) is 0. The monoisotopic (exact) mass is 234 g/mol. The van der Waals surface area contributed by atoms with Crippen molar-refractivity contribution in [2.75, 3.05) is 7.11 Å². The Morgan fingerprint density at radius 2 is 2.07 bits per heavy atom. The van der Waals surface area contributed by atoms with Gasteiger partial charge in [-0.3, -0.25) is 0 Å². The lowest BCUT2D eigenvalue weighted by molar-refractivity contribution is 0.0598. The van der Waals surface area contributed by atoms with Crippen molar-refractivity contribution in [2.45, 2.75) is 13.3 Å². The fraction of sp³-hybridized carbons (Fsp3) is 0.375. The van der Waals surface area contributed by atoms with Crippen LogP contribution in [0.25, 0.3) is 0 Å². The van der Waals surface area contributed by atoms with Crippen molar-refractivity contribution in [3.63, 3.8) is 0 Å². The van der Waals surface area contributed by atoms with E-state index in [9.17, 15) is 4.79 Å². The molecule has 0 saturated heterocycles. The van der Waals surface area contributed by atoms with Crippen LogP contribution in [0, 0.1) is 0 Å². The lowest BCUT2D eigenvalue weighted by Crippen LogP contribution is -2.09. The summed E-state index contributed by atoms with van der Waals surface area (Å²) >= 11 is 11.3. The molecule has 0 saturated carbocycles. The first-order chi connectivity index (χ1) is 6.60. The Morgan fingerprint density at radius 3 is 2.57 bits per heavy atom. The van der Waals surface area contributed by atoms with E-state index in [4.69, 9.17) is 23.2 Å². The molecule has 0 aliphatic rings. The maximum Gasteiger partial charge on any atom is 0.342 e. The molecule has 0 spiro atoms. The Labute approximate surface area is 91.2 Å². The van der Waals surface area contributed by atoms with Gasteiger partial charge >= 0.3 is 5.97 Å². The molecule has 14 heavy (non-hydrogen) atoms. The molecule has 0 unspecified atom stereocenters. The summed E-state index contributed by atoms with van der Waals surface area (Å²) in [4.78, 5) is 18.9. The molecule has 0 aliphatic carbocycles. The first-order valence-corrected chi connectivity index (χ1v) is 4.66. The lowest BCUT2D eigenvalue weighted by atomic mass is 10.2. The van der Waals surface area contributed by atoms with E-state index in [1.807, 2.05) is 6.92 Å². The van der Waals surface area contributed by atoms with Gasteiger partial charge in [-0.1, -0.05) is 18.5 Å². The number of carbonyl (C=O) groups excluding carboxylic acids is 1. The summed E-state index contributed by atoms with van der Waals surface area (Å²) in [7, 11) is 1.27. The number of ether oxygens (including phenoxy) is 1. The molecular formula is C8H8Cl2N2O2. The van der Waals surface area contributed by atoms with Crippen molar-refractivity contribution in [3.8, 4) is 0 Å². The number of carbonyl (C=O) groups is 1. The van der Waals surface area contributed by atoms with Gasteiger partial charge in [0, 0.05) is 0 Å². The van der Waals surface area contributed by atoms with E-state index in [-0.39, 0.29) is 16.0 Å². The molecule has 1 aromatic heterocycles. The normalized spacial score (nSPS) is 10.0. The molecule has 1 aromatic rings. The molecule has 76 valence electrons. The Kier molecular flexibility index (Phi) is 3.66. The molecule has 0 amide bonds. The fourth-order valence-electron chi connectivity index (χ4n) is 1.01. The second-order valence-corrected chi connectivity index (χ2v) is 3.15. The highest BCUT2D eigenvalue weighted by molar-refractivity contribution is 6.34. The molecule has 4 nitrogen and oxygen atoms in total. The third-order valence-electron chi connectivity index (χ3n) is 1.64. The van der Waals surface area contributed by atoms with Crippen LogP contribution in [0.15, 0.2) is 0 Å². The minimum absolute atomic E-state index is 0.0219. The summed E-state index contributed by atoms with van der Waals surface area (Å²) in [5, 5.41) is 0.0493. The Morgan fingerprint density at radius 1 is 1.43 bits per heavy atom. The summed E-state index contributed by atoms with van der Waals surface area (Å²) in [5.74, 6) is -0.552. The predicted octanol–water partition coefficient (Wildman–Crippen LogP) is 2.13. The topological polar surface area (TPSA) is 52.1 Å². The van der Waals surface area contributed by atoms with Crippen LogP contribution in [-0.4, -0.2) is 23.0 Å². The summed E-state index contributed by atoms with van der Waals surface area (Å²) in [6, 6.07) is 0. The summed E-state index contributed by atoms with van der Waals surface area (Å²) in [5.41, 5.74) is 0.669. The predicted molar refractivity (Wildman–Crippen MR) is 52.8 cm³/mol. The second kappa shape index (κ2) is 4.57. The van der Waals surface area contributed by atoms with Gasteiger partial charge in [0.05, 0.1) is 12.8 Å². The van der Waals surface area contributed by atoms with Crippen molar-refractivity contribution >= 4 is 29.2 Å². The maximum absolute atomic E-state index is 11.3. The van der Waals surface area contributed by atoms with E-state index < -0.39 is 5.97 Å². The number of nitrogens with zero attached hydrogens (tertiary/aromatic N) is 2. The smallest absolute Gasteiger partial charge is 0.342 e. The van der Waals surface area contributed by atoms with Crippen LogP contribution in [0.5, 0.6) is 0 Å². The summed E-state index contributed by atoms with van der Waals surface area (Å²) in [6.45, 7) is 1.83. The van der Waals surface area contributed by atoms with Crippen LogP contribution in [0.1, 0.15) is 23.0 Å². The van der Waals surface area contributed by atoms with Gasteiger partial charge in [-0.25, -0.2) is 14.8 Å². The number of aromatic nitrogens is 2. The van der Waals surface area contributed by atoms with Crippen molar-refractivity contribution in [1.29, 1.82) is 0 Å². The molecule has 0 aromatic carbocycles. The first kappa shape index (κ1) is 11.2. The van der Waals surface area contributed by atoms with Crippen molar-refractivity contribution in [1.82, 2.24) is 9.97 Å². The highest BCUT2D eigenvalue weighted by atomic mass is 35.5. The molecule has 0 atom stereocenters. The minimum atomic E-state index is -0.552. The molecule has 6 heteroatoms. The van der Waals surface area contributed by atoms with Crippen LogP contribution in [0.2, 0.25) is 10.4 Å². The van der Waals surface area contributed by atoms with Gasteiger partial charge in [0.25, 0.3) is 0 Å². The number of halogens is 2. The average Bonchev–Trinajstić information content (AvgIpc) is 2.15. The number of aryl methyl sites for hydroxylation is 1. The minimum Gasteiger partial charge on any atom is -0.465 e. The molecule has 0 N–H and O–H groups in total. The number of hydrogen-bond acceptors (Lipinski definition) is 4. The van der Waals surface area contributed by atoms with Crippen LogP contribution in [-0.2, 0) is 11.2 Å². The highest BCUT2D eigenvalue weighted by Gasteiger charge is 2.18. The van der Waals surface area contributed by atoms with Crippen molar-refractivity contribution in [2.24, 2.45) is 0 Å². The van der Waals surface area contributed by atoms with Gasteiger partial charge < -0.3 is 4.74 Å². The van der Waals surface area contributed by atoms with Crippen LogP contribution >= 0.6 is 23.2 Å². The third kappa shape index (κ3) is 2.13. The average molecular weight is 235 g/mol. The summed E-state index contributed by atoms with van der Waals surface area (Å²) in [6.07, 6.45) is 0.534. The molecular weight excluding hydrogens is 227 g/mol. The second-order valence-electron chi connectivity index (χ2n) is 2.45. The Hall–Kier alpha value is -0.870. The Bertz CT molecular complexity index is 369. The maximum atomic E-state index is 11.3. The zero-order valence-corrected chi connectivity index (χ0v) is 9.19. The Balaban J connectivity index is 3.32. The molecule has 0 bridgehead atoms. The summed E-state index contributed by atoms with van der Waals surface area (Å²) < 4.78 is 4.55. The van der Waals surface area contributed by atoms with Crippen LogP contribution in [0.3, 0.4) is 0 Å². The van der Waals surface area contributed by atoms with E-state index in [0.717, 1.165) is 0 Å².